The Kier molecular flexibility index (Phi) is 3.47. The van der Waals surface area contributed by atoms with E-state index in [9.17, 15) is 4.79 Å². The highest BCUT2D eigenvalue weighted by atomic mass is 16.5. The van der Waals surface area contributed by atoms with Gasteiger partial charge in [-0.2, -0.15) is 0 Å². The smallest absolute Gasteiger partial charge is 0.240 e. The van der Waals surface area contributed by atoms with Crippen molar-refractivity contribution in [2.75, 3.05) is 33.4 Å². The van der Waals surface area contributed by atoms with Crippen molar-refractivity contribution < 1.29 is 9.53 Å². The van der Waals surface area contributed by atoms with Gasteiger partial charge in [-0.05, 0) is 38.8 Å². The number of hydrazine groups is 1. The molecule has 2 saturated heterocycles. The van der Waals surface area contributed by atoms with Gasteiger partial charge in [0.25, 0.3) is 0 Å². The van der Waals surface area contributed by atoms with Crippen LogP contribution in [0.2, 0.25) is 0 Å². The second kappa shape index (κ2) is 4.69. The van der Waals surface area contributed by atoms with Crippen molar-refractivity contribution in [2.24, 2.45) is 17.2 Å². The van der Waals surface area contributed by atoms with Crippen LogP contribution in [0.4, 0.5) is 0 Å². The lowest BCUT2D eigenvalue weighted by molar-refractivity contribution is -0.141. The van der Waals surface area contributed by atoms with Crippen molar-refractivity contribution in [2.45, 2.75) is 19.3 Å². The first-order valence-electron chi connectivity index (χ1n) is 5.96. The molecule has 0 radical (unpaired) electrons. The van der Waals surface area contributed by atoms with Crippen LogP contribution in [-0.4, -0.2) is 44.2 Å². The summed E-state index contributed by atoms with van der Waals surface area (Å²) >= 11 is 0. The van der Waals surface area contributed by atoms with Crippen molar-refractivity contribution in [3.05, 3.63) is 0 Å². The van der Waals surface area contributed by atoms with E-state index < -0.39 is 0 Å². The van der Waals surface area contributed by atoms with Crippen LogP contribution >= 0.6 is 0 Å². The molecule has 5 heteroatoms. The molecule has 0 bridgehead atoms. The maximum atomic E-state index is 12.1. The van der Waals surface area contributed by atoms with E-state index in [2.05, 4.69) is 17.4 Å². The Hall–Kier alpha value is -0.650. The van der Waals surface area contributed by atoms with E-state index in [1.807, 2.05) is 0 Å². The molecule has 2 aliphatic heterocycles. The molecule has 5 nitrogen and oxygen atoms in total. The van der Waals surface area contributed by atoms with Crippen molar-refractivity contribution in [3.63, 3.8) is 0 Å². The number of nitrogens with one attached hydrogen (secondary N) is 1. The number of amides is 1. The van der Waals surface area contributed by atoms with Gasteiger partial charge in [0.05, 0.1) is 5.41 Å². The van der Waals surface area contributed by atoms with E-state index in [4.69, 9.17) is 10.6 Å². The molecule has 2 heterocycles. The summed E-state index contributed by atoms with van der Waals surface area (Å²) in [6.45, 7) is 3.42. The molecule has 0 aliphatic carbocycles. The summed E-state index contributed by atoms with van der Waals surface area (Å²) in [6, 6.07) is 0. The van der Waals surface area contributed by atoms with Crippen molar-refractivity contribution in [1.29, 1.82) is 0 Å². The van der Waals surface area contributed by atoms with Crippen molar-refractivity contribution >= 4 is 5.91 Å². The first kappa shape index (κ1) is 11.8. The Labute approximate surface area is 96.3 Å². The third-order valence-electron chi connectivity index (χ3n) is 4.14. The monoisotopic (exact) mass is 227 g/mol. The summed E-state index contributed by atoms with van der Waals surface area (Å²) in [4.78, 5) is 14.4. The summed E-state index contributed by atoms with van der Waals surface area (Å²) < 4.78 is 5.37. The number of hydrogen-bond acceptors (Lipinski definition) is 4. The average molecular weight is 227 g/mol. The molecule has 2 fully saturated rings. The Balaban J connectivity index is 2.16. The van der Waals surface area contributed by atoms with E-state index in [0.29, 0.717) is 19.1 Å². The lowest BCUT2D eigenvalue weighted by atomic mass is 9.68. The SMILES string of the molecule is CN1CCC(C2(C(=O)NN)CCOCC2)C1. The molecule has 2 aliphatic rings. The number of carbonyl (C=O) groups excluding carboxylic acids is 1. The minimum Gasteiger partial charge on any atom is -0.381 e. The summed E-state index contributed by atoms with van der Waals surface area (Å²) in [6.07, 6.45) is 2.69. The maximum absolute atomic E-state index is 12.1. The Morgan fingerprint density at radius 3 is 2.69 bits per heavy atom. The van der Waals surface area contributed by atoms with Crippen molar-refractivity contribution in [1.82, 2.24) is 10.3 Å². The van der Waals surface area contributed by atoms with E-state index >= 15 is 0 Å². The predicted octanol–water partition coefficient (Wildman–Crippen LogP) is -0.275. The number of hydrogen-bond donors (Lipinski definition) is 2. The van der Waals surface area contributed by atoms with Gasteiger partial charge in [0.15, 0.2) is 0 Å². The third-order valence-corrected chi connectivity index (χ3v) is 4.14. The average Bonchev–Trinajstić information content (AvgIpc) is 2.76. The quantitative estimate of drug-likeness (QED) is 0.387. The molecule has 0 aromatic carbocycles. The number of rotatable bonds is 2. The number of likely N-dealkylation sites (tertiary alicyclic amines) is 1. The lowest BCUT2D eigenvalue weighted by Crippen LogP contribution is -2.51. The van der Waals surface area contributed by atoms with Gasteiger partial charge >= 0.3 is 0 Å². The zero-order chi connectivity index (χ0) is 11.6. The summed E-state index contributed by atoms with van der Waals surface area (Å²) in [5.41, 5.74) is 2.06. The molecule has 0 aromatic heterocycles. The highest BCUT2D eigenvalue weighted by molar-refractivity contribution is 5.82. The normalized spacial score (nSPS) is 30.2. The van der Waals surface area contributed by atoms with Gasteiger partial charge < -0.3 is 9.64 Å². The molecule has 0 aromatic rings. The van der Waals surface area contributed by atoms with Crippen LogP contribution in [0.1, 0.15) is 19.3 Å². The van der Waals surface area contributed by atoms with Gasteiger partial charge in [-0.1, -0.05) is 0 Å². The number of carbonyl (C=O) groups is 1. The van der Waals surface area contributed by atoms with E-state index in [1.165, 1.54) is 0 Å². The first-order chi connectivity index (χ1) is 7.69. The van der Waals surface area contributed by atoms with Crippen LogP contribution in [0.25, 0.3) is 0 Å². The van der Waals surface area contributed by atoms with Crippen LogP contribution in [0.3, 0.4) is 0 Å². The van der Waals surface area contributed by atoms with Crippen molar-refractivity contribution in [3.8, 4) is 0 Å². The topological polar surface area (TPSA) is 67.6 Å². The second-order valence-electron chi connectivity index (χ2n) is 4.99. The minimum atomic E-state index is -0.294. The minimum absolute atomic E-state index is 0.00361. The third kappa shape index (κ3) is 1.95. The standard InChI is InChI=1S/C11H21N3O2/c1-14-5-2-9(8-14)11(10(15)13-12)3-6-16-7-4-11/h9H,2-8,12H2,1H3,(H,13,15). The zero-order valence-corrected chi connectivity index (χ0v) is 9.87. The highest BCUT2D eigenvalue weighted by Crippen LogP contribution is 2.42. The zero-order valence-electron chi connectivity index (χ0n) is 9.87. The molecule has 1 unspecified atom stereocenters. The Morgan fingerprint density at radius 2 is 2.19 bits per heavy atom. The van der Waals surface area contributed by atoms with Gasteiger partial charge in [0.2, 0.25) is 5.91 Å². The van der Waals surface area contributed by atoms with Crippen LogP contribution in [0.15, 0.2) is 0 Å². The molecular weight excluding hydrogens is 206 g/mol. The van der Waals surface area contributed by atoms with E-state index in [-0.39, 0.29) is 11.3 Å². The molecule has 0 saturated carbocycles. The lowest BCUT2D eigenvalue weighted by Gasteiger charge is -2.40. The predicted molar refractivity (Wildman–Crippen MR) is 60.4 cm³/mol. The highest BCUT2D eigenvalue weighted by Gasteiger charge is 2.47. The second-order valence-corrected chi connectivity index (χ2v) is 4.99. The summed E-state index contributed by atoms with van der Waals surface area (Å²) in [5, 5.41) is 0. The fourth-order valence-electron chi connectivity index (χ4n) is 3.09. The van der Waals surface area contributed by atoms with Gasteiger partial charge in [0.1, 0.15) is 0 Å². The molecule has 16 heavy (non-hydrogen) atoms. The molecule has 0 spiro atoms. The number of ether oxygens (including phenoxy) is 1. The van der Waals surface area contributed by atoms with Gasteiger partial charge in [0, 0.05) is 19.8 Å². The largest absolute Gasteiger partial charge is 0.381 e. The van der Waals surface area contributed by atoms with Gasteiger partial charge in [-0.15, -0.1) is 0 Å². The first-order valence-corrected chi connectivity index (χ1v) is 5.96. The molecule has 2 rings (SSSR count). The molecular formula is C11H21N3O2. The Morgan fingerprint density at radius 1 is 1.50 bits per heavy atom. The molecule has 3 N–H and O–H groups in total. The number of nitrogens with zero attached hydrogens (tertiary/aromatic N) is 1. The van der Waals surface area contributed by atoms with Crippen LogP contribution in [0.5, 0.6) is 0 Å². The summed E-state index contributed by atoms with van der Waals surface area (Å²) in [7, 11) is 2.10. The van der Waals surface area contributed by atoms with Gasteiger partial charge in [-0.25, -0.2) is 5.84 Å². The van der Waals surface area contributed by atoms with Crippen LogP contribution in [0, 0.1) is 11.3 Å². The summed E-state index contributed by atoms with van der Waals surface area (Å²) in [5.74, 6) is 5.75. The molecule has 92 valence electrons. The van der Waals surface area contributed by atoms with Crippen LogP contribution < -0.4 is 11.3 Å². The van der Waals surface area contributed by atoms with Gasteiger partial charge in [-0.3, -0.25) is 10.2 Å². The molecule has 1 amide bonds. The van der Waals surface area contributed by atoms with E-state index in [0.717, 1.165) is 32.4 Å². The van der Waals surface area contributed by atoms with Crippen LogP contribution in [-0.2, 0) is 9.53 Å². The maximum Gasteiger partial charge on any atom is 0.240 e. The fourth-order valence-corrected chi connectivity index (χ4v) is 3.09. The fraction of sp³-hybridized carbons (Fsp3) is 0.909. The van der Waals surface area contributed by atoms with E-state index in [1.54, 1.807) is 0 Å². The Bertz CT molecular complexity index is 264. The molecule has 1 atom stereocenters. The number of nitrogens with two attached hydrogens (primary N) is 1.